The fourth-order valence-electron chi connectivity index (χ4n) is 1.60. The van der Waals surface area contributed by atoms with Gasteiger partial charge in [-0.05, 0) is 30.7 Å². The summed E-state index contributed by atoms with van der Waals surface area (Å²) >= 11 is 3.38. The Morgan fingerprint density at radius 1 is 1.00 bits per heavy atom. The SMILES string of the molecule is Cc1ccc(NCc2cc(F)c(F)cc2F)cc1Br. The third kappa shape index (κ3) is 3.29. The molecular formula is C14H11BrF3N. The van der Waals surface area contributed by atoms with Gasteiger partial charge in [0.2, 0.25) is 0 Å². The summed E-state index contributed by atoms with van der Waals surface area (Å²) in [5, 5.41) is 2.96. The van der Waals surface area contributed by atoms with Crippen molar-refractivity contribution < 1.29 is 13.2 Å². The summed E-state index contributed by atoms with van der Waals surface area (Å²) < 4.78 is 40.1. The molecule has 2 aromatic carbocycles. The van der Waals surface area contributed by atoms with E-state index in [1.807, 2.05) is 25.1 Å². The molecule has 0 aromatic heterocycles. The lowest BCUT2D eigenvalue weighted by Crippen LogP contribution is -2.03. The van der Waals surface area contributed by atoms with Crippen LogP contribution in [0.1, 0.15) is 11.1 Å². The second-order valence-corrected chi connectivity index (χ2v) is 5.03. The Labute approximate surface area is 117 Å². The molecule has 100 valence electrons. The highest BCUT2D eigenvalue weighted by Crippen LogP contribution is 2.22. The fourth-order valence-corrected chi connectivity index (χ4v) is 1.98. The van der Waals surface area contributed by atoms with Crippen molar-refractivity contribution in [2.45, 2.75) is 13.5 Å². The van der Waals surface area contributed by atoms with Gasteiger partial charge in [0.05, 0.1) is 0 Å². The molecule has 1 N–H and O–H groups in total. The summed E-state index contributed by atoms with van der Waals surface area (Å²) in [6.07, 6.45) is 0. The third-order valence-corrected chi connectivity index (χ3v) is 3.60. The minimum atomic E-state index is -1.18. The highest BCUT2D eigenvalue weighted by Gasteiger charge is 2.09. The van der Waals surface area contributed by atoms with Gasteiger partial charge in [-0.15, -0.1) is 0 Å². The van der Waals surface area contributed by atoms with Crippen LogP contribution in [0.3, 0.4) is 0 Å². The predicted molar refractivity (Wildman–Crippen MR) is 72.5 cm³/mol. The molecule has 2 aromatic rings. The van der Waals surface area contributed by atoms with E-state index in [1.165, 1.54) is 0 Å². The van der Waals surface area contributed by atoms with E-state index in [0.717, 1.165) is 21.8 Å². The molecule has 0 heterocycles. The highest BCUT2D eigenvalue weighted by molar-refractivity contribution is 9.10. The van der Waals surface area contributed by atoms with Gasteiger partial charge in [0.1, 0.15) is 5.82 Å². The average Bonchev–Trinajstić information content (AvgIpc) is 2.36. The van der Waals surface area contributed by atoms with Gasteiger partial charge in [-0.3, -0.25) is 0 Å². The van der Waals surface area contributed by atoms with Gasteiger partial charge < -0.3 is 5.32 Å². The maximum Gasteiger partial charge on any atom is 0.161 e. The van der Waals surface area contributed by atoms with Crippen LogP contribution >= 0.6 is 15.9 Å². The van der Waals surface area contributed by atoms with E-state index in [1.54, 1.807) is 0 Å². The van der Waals surface area contributed by atoms with Crippen molar-refractivity contribution in [1.29, 1.82) is 0 Å². The lowest BCUT2D eigenvalue weighted by molar-refractivity contribution is 0.490. The summed E-state index contributed by atoms with van der Waals surface area (Å²) in [5.41, 5.74) is 1.92. The normalized spacial score (nSPS) is 10.6. The van der Waals surface area contributed by atoms with Crippen LogP contribution in [0.2, 0.25) is 0 Å². The topological polar surface area (TPSA) is 12.0 Å². The third-order valence-electron chi connectivity index (χ3n) is 2.74. The molecule has 1 nitrogen and oxygen atoms in total. The first-order valence-electron chi connectivity index (χ1n) is 5.61. The maximum atomic E-state index is 13.4. The number of anilines is 1. The smallest absolute Gasteiger partial charge is 0.161 e. The van der Waals surface area contributed by atoms with E-state index in [0.29, 0.717) is 6.07 Å². The van der Waals surface area contributed by atoms with Gasteiger partial charge >= 0.3 is 0 Å². The molecule has 0 saturated heterocycles. The van der Waals surface area contributed by atoms with Crippen LogP contribution in [-0.4, -0.2) is 0 Å². The number of hydrogen-bond acceptors (Lipinski definition) is 1. The molecule has 0 aliphatic rings. The standard InChI is InChI=1S/C14H11BrF3N/c1-8-2-3-10(5-11(8)15)19-7-9-4-13(17)14(18)6-12(9)16/h2-6,19H,7H2,1H3. The number of halogens is 4. The molecule has 0 spiro atoms. The second kappa shape index (κ2) is 5.65. The Balaban J connectivity index is 2.14. The number of aryl methyl sites for hydroxylation is 1. The lowest BCUT2D eigenvalue weighted by Gasteiger charge is -2.09. The average molecular weight is 330 g/mol. The van der Waals surface area contributed by atoms with Crippen LogP contribution in [0.4, 0.5) is 18.9 Å². The minimum Gasteiger partial charge on any atom is -0.381 e. The molecule has 0 aliphatic heterocycles. The zero-order valence-corrected chi connectivity index (χ0v) is 11.7. The molecular weight excluding hydrogens is 319 g/mol. The number of hydrogen-bond donors (Lipinski definition) is 1. The van der Waals surface area contributed by atoms with Crippen LogP contribution in [0.25, 0.3) is 0 Å². The molecule has 0 fully saturated rings. The molecule has 0 saturated carbocycles. The second-order valence-electron chi connectivity index (χ2n) is 4.18. The Morgan fingerprint density at radius 2 is 1.68 bits per heavy atom. The molecule has 2 rings (SSSR count). The summed E-state index contributed by atoms with van der Waals surface area (Å²) in [6, 6.07) is 6.98. The van der Waals surface area contributed by atoms with Crippen LogP contribution in [0.5, 0.6) is 0 Å². The van der Waals surface area contributed by atoms with Gasteiger partial charge in [-0.1, -0.05) is 22.0 Å². The van der Waals surface area contributed by atoms with Crippen molar-refractivity contribution in [1.82, 2.24) is 0 Å². The first-order valence-corrected chi connectivity index (χ1v) is 6.40. The van der Waals surface area contributed by atoms with Gasteiger partial charge in [-0.25, -0.2) is 13.2 Å². The van der Waals surface area contributed by atoms with Crippen molar-refractivity contribution >= 4 is 21.6 Å². The molecule has 0 radical (unpaired) electrons. The quantitative estimate of drug-likeness (QED) is 0.798. The zero-order chi connectivity index (χ0) is 14.0. The molecule has 0 unspecified atom stereocenters. The maximum absolute atomic E-state index is 13.4. The molecule has 0 aliphatic carbocycles. The first-order chi connectivity index (χ1) is 8.97. The van der Waals surface area contributed by atoms with Crippen LogP contribution in [0, 0.1) is 24.4 Å². The van der Waals surface area contributed by atoms with E-state index in [2.05, 4.69) is 21.2 Å². The van der Waals surface area contributed by atoms with Crippen molar-refractivity contribution in [2.24, 2.45) is 0 Å². The number of rotatable bonds is 3. The molecule has 19 heavy (non-hydrogen) atoms. The van der Waals surface area contributed by atoms with Gasteiger partial charge in [0, 0.05) is 28.3 Å². The Morgan fingerprint density at radius 3 is 2.37 bits per heavy atom. The van der Waals surface area contributed by atoms with Crippen molar-refractivity contribution in [3.05, 3.63) is 63.4 Å². The van der Waals surface area contributed by atoms with Gasteiger partial charge in [0.25, 0.3) is 0 Å². The van der Waals surface area contributed by atoms with E-state index in [4.69, 9.17) is 0 Å². The minimum absolute atomic E-state index is 0.0793. The molecule has 0 amide bonds. The lowest BCUT2D eigenvalue weighted by atomic mass is 10.2. The molecule has 5 heteroatoms. The van der Waals surface area contributed by atoms with E-state index in [-0.39, 0.29) is 12.1 Å². The largest absolute Gasteiger partial charge is 0.381 e. The number of benzene rings is 2. The molecule has 0 bridgehead atoms. The van der Waals surface area contributed by atoms with Crippen LogP contribution < -0.4 is 5.32 Å². The summed E-state index contributed by atoms with van der Waals surface area (Å²) in [5.74, 6) is -3.00. The Hall–Kier alpha value is -1.49. The van der Waals surface area contributed by atoms with E-state index >= 15 is 0 Å². The van der Waals surface area contributed by atoms with Crippen molar-refractivity contribution in [3.63, 3.8) is 0 Å². The Bertz CT molecular complexity index is 614. The summed E-state index contributed by atoms with van der Waals surface area (Å²) in [4.78, 5) is 0. The van der Waals surface area contributed by atoms with E-state index in [9.17, 15) is 13.2 Å². The summed E-state index contributed by atoms with van der Waals surface area (Å²) in [7, 11) is 0. The van der Waals surface area contributed by atoms with Crippen LogP contribution in [-0.2, 0) is 6.54 Å². The van der Waals surface area contributed by atoms with Gasteiger partial charge in [-0.2, -0.15) is 0 Å². The van der Waals surface area contributed by atoms with E-state index < -0.39 is 17.5 Å². The van der Waals surface area contributed by atoms with Gasteiger partial charge in [0.15, 0.2) is 11.6 Å². The first kappa shape index (κ1) is 13.9. The number of nitrogens with one attached hydrogen (secondary N) is 1. The monoisotopic (exact) mass is 329 g/mol. The van der Waals surface area contributed by atoms with Crippen molar-refractivity contribution in [2.75, 3.05) is 5.32 Å². The fraction of sp³-hybridized carbons (Fsp3) is 0.143. The van der Waals surface area contributed by atoms with Crippen LogP contribution in [0.15, 0.2) is 34.8 Å². The van der Waals surface area contributed by atoms with Crippen molar-refractivity contribution in [3.8, 4) is 0 Å². The predicted octanol–water partition coefficient (Wildman–Crippen LogP) is 4.79. The summed E-state index contributed by atoms with van der Waals surface area (Å²) in [6.45, 7) is 2.03. The molecule has 0 atom stereocenters. The highest BCUT2D eigenvalue weighted by atomic mass is 79.9. The Kier molecular flexibility index (Phi) is 4.14. The zero-order valence-electron chi connectivity index (χ0n) is 10.1.